The van der Waals surface area contributed by atoms with Crippen molar-refractivity contribution in [2.75, 3.05) is 24.9 Å². The lowest BCUT2D eigenvalue weighted by atomic mass is 9.61. The number of rotatable bonds is 8. The standard InChI is InChI=1S/C29H29N3O8/c1-29(36)16-21(33)25(27(34)30-19-8-4-6-10-22(19)39-2)24(17-12-14-18(15-13-17)32(37)38)26(29)28(35)31-20-9-5-7-11-23(20)40-3/h4-15,24-26,36H,16H2,1-3H3,(H,30,34)(H,31,35)/t24-,25-,26-,29+/m1/s1. The number of para-hydroxylation sites is 4. The van der Waals surface area contributed by atoms with E-state index in [1.54, 1.807) is 48.5 Å². The van der Waals surface area contributed by atoms with Gasteiger partial charge in [0.05, 0.1) is 42.0 Å². The number of Topliss-reactive ketones (excluding diaryl/α,β-unsaturated/α-hetero) is 1. The maximum atomic E-state index is 13.8. The van der Waals surface area contributed by atoms with Gasteiger partial charge in [0.15, 0.2) is 0 Å². The Balaban J connectivity index is 1.80. The largest absolute Gasteiger partial charge is 0.495 e. The number of nitro groups is 1. The van der Waals surface area contributed by atoms with Crippen molar-refractivity contribution < 1.29 is 33.9 Å². The molecule has 0 saturated heterocycles. The zero-order valence-electron chi connectivity index (χ0n) is 22.1. The molecule has 4 rings (SSSR count). The van der Waals surface area contributed by atoms with Crippen LogP contribution in [0.2, 0.25) is 0 Å². The number of ether oxygens (including phenoxy) is 2. The Morgan fingerprint density at radius 3 is 1.90 bits per heavy atom. The van der Waals surface area contributed by atoms with Gasteiger partial charge in [-0.05, 0) is 36.8 Å². The molecule has 3 N–H and O–H groups in total. The number of hydrogen-bond donors (Lipinski definition) is 3. The zero-order valence-corrected chi connectivity index (χ0v) is 22.1. The molecule has 11 heteroatoms. The summed E-state index contributed by atoms with van der Waals surface area (Å²) in [6.45, 7) is 1.37. The number of nitrogens with one attached hydrogen (secondary N) is 2. The summed E-state index contributed by atoms with van der Waals surface area (Å²) >= 11 is 0. The van der Waals surface area contributed by atoms with Crippen molar-refractivity contribution in [3.8, 4) is 11.5 Å². The SMILES string of the molecule is COc1ccccc1NC(=O)[C@@H]1C(=O)C[C@](C)(O)[C@@H](C(=O)Nc2ccccc2OC)[C@@H]1c1ccc([N+](=O)[O-])cc1. The van der Waals surface area contributed by atoms with Gasteiger partial charge >= 0.3 is 0 Å². The van der Waals surface area contributed by atoms with Gasteiger partial charge in [-0.1, -0.05) is 36.4 Å². The van der Waals surface area contributed by atoms with Crippen LogP contribution in [0.1, 0.15) is 24.8 Å². The lowest BCUT2D eigenvalue weighted by molar-refractivity contribution is -0.384. The minimum atomic E-state index is -1.85. The van der Waals surface area contributed by atoms with Gasteiger partial charge in [-0.25, -0.2) is 0 Å². The molecular weight excluding hydrogens is 518 g/mol. The Hall–Kier alpha value is -4.77. The summed E-state index contributed by atoms with van der Waals surface area (Å²) in [4.78, 5) is 51.7. The molecule has 0 radical (unpaired) electrons. The minimum absolute atomic E-state index is 0.206. The fourth-order valence-corrected chi connectivity index (χ4v) is 5.23. The molecule has 1 saturated carbocycles. The number of carbonyl (C=O) groups excluding carboxylic acids is 3. The zero-order chi connectivity index (χ0) is 29.0. The van der Waals surface area contributed by atoms with Gasteiger partial charge in [0.2, 0.25) is 11.8 Å². The van der Waals surface area contributed by atoms with E-state index in [9.17, 15) is 29.6 Å². The van der Waals surface area contributed by atoms with Gasteiger partial charge in [-0.3, -0.25) is 24.5 Å². The highest BCUT2D eigenvalue weighted by molar-refractivity contribution is 6.11. The van der Waals surface area contributed by atoms with E-state index >= 15 is 0 Å². The molecule has 0 unspecified atom stereocenters. The summed E-state index contributed by atoms with van der Waals surface area (Å²) in [6, 6.07) is 18.6. The summed E-state index contributed by atoms with van der Waals surface area (Å²) in [5, 5.41) is 28.2. The number of nitro benzene ring substituents is 1. The molecule has 40 heavy (non-hydrogen) atoms. The highest BCUT2D eigenvalue weighted by Crippen LogP contribution is 2.47. The number of aliphatic hydroxyl groups is 1. The molecule has 0 heterocycles. The van der Waals surface area contributed by atoms with Crippen molar-refractivity contribution in [2.24, 2.45) is 11.8 Å². The first-order valence-electron chi connectivity index (χ1n) is 12.4. The molecular formula is C29H29N3O8. The highest BCUT2D eigenvalue weighted by atomic mass is 16.6. The Bertz CT molecular complexity index is 1440. The van der Waals surface area contributed by atoms with E-state index in [0.717, 1.165) is 0 Å². The van der Waals surface area contributed by atoms with Crippen molar-refractivity contribution in [3.05, 3.63) is 88.5 Å². The predicted octanol–water partition coefficient (Wildman–Crippen LogP) is 3.93. The molecule has 0 bridgehead atoms. The predicted molar refractivity (Wildman–Crippen MR) is 146 cm³/mol. The van der Waals surface area contributed by atoms with Crippen molar-refractivity contribution in [3.63, 3.8) is 0 Å². The molecule has 11 nitrogen and oxygen atoms in total. The number of ketones is 1. The third-order valence-corrected chi connectivity index (χ3v) is 7.05. The van der Waals surface area contributed by atoms with E-state index in [1.807, 2.05) is 0 Å². The third-order valence-electron chi connectivity index (χ3n) is 7.05. The van der Waals surface area contributed by atoms with Crippen molar-refractivity contribution in [2.45, 2.75) is 24.9 Å². The Kier molecular flexibility index (Phi) is 8.15. The average molecular weight is 548 g/mol. The quantitative estimate of drug-likeness (QED) is 0.218. The number of carbonyl (C=O) groups is 3. The highest BCUT2D eigenvalue weighted by Gasteiger charge is 2.56. The van der Waals surface area contributed by atoms with Crippen molar-refractivity contribution in [1.82, 2.24) is 0 Å². The topological polar surface area (TPSA) is 157 Å². The maximum absolute atomic E-state index is 13.8. The van der Waals surface area contributed by atoms with Crippen LogP contribution in [0.4, 0.5) is 17.1 Å². The first-order valence-corrected chi connectivity index (χ1v) is 12.4. The summed E-state index contributed by atoms with van der Waals surface area (Å²) in [6.07, 6.45) is -0.468. The number of anilines is 2. The van der Waals surface area contributed by atoms with Crippen LogP contribution in [0.25, 0.3) is 0 Å². The van der Waals surface area contributed by atoms with Gasteiger partial charge in [0.1, 0.15) is 23.2 Å². The molecule has 1 aliphatic rings. The van der Waals surface area contributed by atoms with Gasteiger partial charge in [0, 0.05) is 24.5 Å². The number of nitrogens with zero attached hydrogens (tertiary/aromatic N) is 1. The third kappa shape index (κ3) is 5.64. The Labute approximate surface area is 230 Å². The van der Waals surface area contributed by atoms with E-state index < -0.39 is 52.3 Å². The van der Waals surface area contributed by atoms with Crippen LogP contribution >= 0.6 is 0 Å². The number of benzene rings is 3. The van der Waals surface area contributed by atoms with Crippen LogP contribution in [0.5, 0.6) is 11.5 Å². The second-order valence-electron chi connectivity index (χ2n) is 9.71. The molecule has 0 aromatic heterocycles. The molecule has 3 aromatic carbocycles. The van der Waals surface area contributed by atoms with E-state index in [2.05, 4.69) is 10.6 Å². The summed E-state index contributed by atoms with van der Waals surface area (Å²) < 4.78 is 10.6. The van der Waals surface area contributed by atoms with Crippen LogP contribution < -0.4 is 20.1 Å². The number of methoxy groups -OCH3 is 2. The fraction of sp³-hybridized carbons (Fsp3) is 0.276. The molecule has 3 aromatic rings. The van der Waals surface area contributed by atoms with E-state index in [0.29, 0.717) is 28.4 Å². The number of amides is 2. The fourth-order valence-electron chi connectivity index (χ4n) is 5.23. The Morgan fingerprint density at radius 2 is 1.40 bits per heavy atom. The van der Waals surface area contributed by atoms with Gasteiger partial charge in [0.25, 0.3) is 5.69 Å². The van der Waals surface area contributed by atoms with Crippen LogP contribution in [-0.4, -0.2) is 47.4 Å². The van der Waals surface area contributed by atoms with Crippen LogP contribution in [0.15, 0.2) is 72.8 Å². The molecule has 0 spiro atoms. The summed E-state index contributed by atoms with van der Waals surface area (Å²) in [5.41, 5.74) is -1.10. The summed E-state index contributed by atoms with van der Waals surface area (Å²) in [5.74, 6) is -5.07. The number of non-ortho nitro benzene ring substituents is 1. The van der Waals surface area contributed by atoms with Gasteiger partial charge < -0.3 is 25.2 Å². The van der Waals surface area contributed by atoms with Crippen LogP contribution in [-0.2, 0) is 14.4 Å². The van der Waals surface area contributed by atoms with Gasteiger partial charge in [-0.15, -0.1) is 0 Å². The normalized spacial score (nSPS) is 22.2. The van der Waals surface area contributed by atoms with E-state index in [1.165, 1.54) is 45.4 Å². The van der Waals surface area contributed by atoms with Crippen LogP contribution in [0.3, 0.4) is 0 Å². The Morgan fingerprint density at radius 1 is 0.900 bits per heavy atom. The van der Waals surface area contributed by atoms with E-state index in [4.69, 9.17) is 9.47 Å². The molecule has 0 aliphatic heterocycles. The van der Waals surface area contributed by atoms with Gasteiger partial charge in [-0.2, -0.15) is 0 Å². The minimum Gasteiger partial charge on any atom is -0.495 e. The second-order valence-corrected chi connectivity index (χ2v) is 9.71. The smallest absolute Gasteiger partial charge is 0.269 e. The lowest BCUT2D eigenvalue weighted by Gasteiger charge is -2.44. The first kappa shape index (κ1) is 28.2. The average Bonchev–Trinajstić information content (AvgIpc) is 2.92. The maximum Gasteiger partial charge on any atom is 0.269 e. The molecule has 1 aliphatic carbocycles. The first-order chi connectivity index (χ1) is 19.1. The molecule has 2 amide bonds. The number of hydrogen-bond acceptors (Lipinski definition) is 8. The molecule has 1 fully saturated rings. The second kappa shape index (κ2) is 11.5. The molecule has 4 atom stereocenters. The lowest BCUT2D eigenvalue weighted by Crippen LogP contribution is -2.56. The van der Waals surface area contributed by atoms with Crippen LogP contribution in [0, 0.1) is 22.0 Å². The molecule has 208 valence electrons. The van der Waals surface area contributed by atoms with E-state index in [-0.39, 0.29) is 5.69 Å². The summed E-state index contributed by atoms with van der Waals surface area (Å²) in [7, 11) is 2.88. The van der Waals surface area contributed by atoms with Crippen molar-refractivity contribution in [1.29, 1.82) is 0 Å². The van der Waals surface area contributed by atoms with Crippen molar-refractivity contribution >= 4 is 34.7 Å². The monoisotopic (exact) mass is 547 g/mol.